The summed E-state index contributed by atoms with van der Waals surface area (Å²) >= 11 is 0. The first-order valence-corrected chi connectivity index (χ1v) is 4.73. The summed E-state index contributed by atoms with van der Waals surface area (Å²) in [5.74, 6) is 0.403. The Morgan fingerprint density at radius 2 is 2.06 bits per heavy atom. The topological polar surface area (TPSA) is 70.8 Å². The molecule has 85 valence electrons. The van der Waals surface area contributed by atoms with Crippen LogP contribution in [0.4, 0.5) is 5.69 Å². The zero-order valence-corrected chi connectivity index (χ0v) is 9.85. The predicted octanol–water partition coefficient (Wildman–Crippen LogP) is 1.21. The molecule has 0 aliphatic rings. The summed E-state index contributed by atoms with van der Waals surface area (Å²) in [7, 11) is 5.57. The minimum atomic E-state index is -0.526. The zero-order valence-electron chi connectivity index (χ0n) is 8.85. The quantitative estimate of drug-likeness (QED) is 0.439. The first kappa shape index (κ1) is 12.5. The van der Waals surface area contributed by atoms with Crippen molar-refractivity contribution in [3.63, 3.8) is 0 Å². The number of hydrogen-bond donors (Lipinski definition) is 0. The summed E-state index contributed by atoms with van der Waals surface area (Å²) in [5, 5.41) is 10.9. The van der Waals surface area contributed by atoms with Gasteiger partial charge < -0.3 is 13.9 Å². The van der Waals surface area contributed by atoms with Gasteiger partial charge in [-0.1, -0.05) is 0 Å². The highest BCUT2D eigenvalue weighted by Crippen LogP contribution is 2.39. The van der Waals surface area contributed by atoms with Crippen molar-refractivity contribution >= 4 is 16.2 Å². The molecule has 0 N–H and O–H groups in total. The number of nitrogens with zero attached hydrogens (tertiary/aromatic N) is 1. The number of nitro benzene ring substituents is 1. The Morgan fingerprint density at radius 3 is 2.50 bits per heavy atom. The molecule has 7 heteroatoms. The van der Waals surface area contributed by atoms with E-state index in [1.54, 1.807) is 12.1 Å². The van der Waals surface area contributed by atoms with Crippen LogP contribution in [0.1, 0.15) is 5.56 Å². The predicted molar refractivity (Wildman–Crippen MR) is 56.7 cm³/mol. The van der Waals surface area contributed by atoms with Crippen LogP contribution in [-0.4, -0.2) is 29.6 Å². The fourth-order valence-corrected chi connectivity index (χ4v) is 1.50. The van der Waals surface area contributed by atoms with E-state index in [-0.39, 0.29) is 18.0 Å². The summed E-state index contributed by atoms with van der Waals surface area (Å²) in [5.41, 5.74) is 0.248. The van der Waals surface area contributed by atoms with Crippen LogP contribution in [0.5, 0.6) is 11.5 Å². The molecule has 0 saturated carbocycles. The molecule has 0 aliphatic heterocycles. The molecule has 3 radical (unpaired) electrons. The van der Waals surface area contributed by atoms with Gasteiger partial charge in [0.1, 0.15) is 0 Å². The number of nitro groups is 1. The molecule has 1 rings (SSSR count). The molecular formula is C9H10NO5Si. The molecule has 6 nitrogen and oxygen atoms in total. The lowest BCUT2D eigenvalue weighted by Crippen LogP contribution is -2.02. The number of rotatable bonds is 5. The average molecular weight is 240 g/mol. The molecule has 1 aromatic carbocycles. The fraction of sp³-hybridized carbons (Fsp3) is 0.333. The van der Waals surface area contributed by atoms with Crippen molar-refractivity contribution in [2.75, 3.05) is 14.2 Å². The number of benzene rings is 1. The lowest BCUT2D eigenvalue weighted by molar-refractivity contribution is -0.386. The van der Waals surface area contributed by atoms with Crippen LogP contribution in [0.15, 0.2) is 12.1 Å². The lowest BCUT2D eigenvalue weighted by atomic mass is 10.1. The maximum Gasteiger partial charge on any atom is 0.320 e. The van der Waals surface area contributed by atoms with Gasteiger partial charge in [0.05, 0.1) is 31.3 Å². The van der Waals surface area contributed by atoms with Crippen LogP contribution in [-0.2, 0) is 11.0 Å². The third kappa shape index (κ3) is 2.31. The molecule has 1 aromatic rings. The molecule has 0 saturated heterocycles. The van der Waals surface area contributed by atoms with Crippen molar-refractivity contribution in [3.05, 3.63) is 27.8 Å². The Bertz CT molecular complexity index is 396. The van der Waals surface area contributed by atoms with E-state index in [2.05, 4.69) is 10.5 Å². The maximum absolute atomic E-state index is 10.9. The first-order chi connectivity index (χ1) is 7.65. The molecule has 0 spiro atoms. The normalized spacial score (nSPS) is 9.94. The Morgan fingerprint density at radius 1 is 1.38 bits per heavy atom. The lowest BCUT2D eigenvalue weighted by Gasteiger charge is -2.10. The monoisotopic (exact) mass is 240 g/mol. The largest absolute Gasteiger partial charge is 0.493 e. The molecule has 0 atom stereocenters. The second-order valence-electron chi connectivity index (χ2n) is 2.85. The van der Waals surface area contributed by atoms with Gasteiger partial charge in [-0.3, -0.25) is 10.1 Å². The number of hydrogen-bond acceptors (Lipinski definition) is 5. The Balaban J connectivity index is 3.37. The van der Waals surface area contributed by atoms with E-state index in [0.29, 0.717) is 11.3 Å². The van der Waals surface area contributed by atoms with E-state index in [9.17, 15) is 10.1 Å². The van der Waals surface area contributed by atoms with Crippen molar-refractivity contribution in [3.8, 4) is 11.5 Å². The van der Waals surface area contributed by atoms with Gasteiger partial charge in [0, 0.05) is 0 Å². The molecule has 0 aliphatic carbocycles. The highest BCUT2D eigenvalue weighted by atomic mass is 28.2. The summed E-state index contributed by atoms with van der Waals surface area (Å²) in [6.45, 7) is 0.0631. The molecular weight excluding hydrogens is 230 g/mol. The van der Waals surface area contributed by atoms with E-state index in [4.69, 9.17) is 13.9 Å². The van der Waals surface area contributed by atoms with E-state index in [1.165, 1.54) is 14.2 Å². The van der Waals surface area contributed by atoms with Crippen molar-refractivity contribution in [1.82, 2.24) is 0 Å². The third-order valence-electron chi connectivity index (χ3n) is 2.01. The van der Waals surface area contributed by atoms with Crippen molar-refractivity contribution in [1.29, 1.82) is 0 Å². The maximum atomic E-state index is 10.9. The third-order valence-corrected chi connectivity index (χ3v) is 2.16. The number of ether oxygens (including phenoxy) is 2. The summed E-state index contributed by atoms with van der Waals surface area (Å²) < 4.78 is 14.7. The van der Waals surface area contributed by atoms with Crippen LogP contribution in [0.25, 0.3) is 0 Å². The number of methoxy groups -OCH3 is 2. The Hall–Kier alpha value is -1.60. The minimum absolute atomic E-state index is 0.0631. The van der Waals surface area contributed by atoms with Crippen LogP contribution in [0.2, 0.25) is 0 Å². The van der Waals surface area contributed by atoms with Gasteiger partial charge in [-0.25, -0.2) is 0 Å². The molecule has 0 fully saturated rings. The van der Waals surface area contributed by atoms with Crippen molar-refractivity contribution in [2.24, 2.45) is 0 Å². The van der Waals surface area contributed by atoms with E-state index in [0.717, 1.165) is 0 Å². The van der Waals surface area contributed by atoms with Crippen molar-refractivity contribution in [2.45, 2.75) is 6.61 Å². The van der Waals surface area contributed by atoms with Gasteiger partial charge >= 0.3 is 5.69 Å². The van der Waals surface area contributed by atoms with Crippen molar-refractivity contribution < 1.29 is 18.8 Å². The molecule has 0 heterocycles. The Labute approximate surface area is 95.8 Å². The first-order valence-electron chi connectivity index (χ1n) is 4.32. The summed E-state index contributed by atoms with van der Waals surface area (Å²) in [6, 6.07) is 3.14. The molecule has 16 heavy (non-hydrogen) atoms. The van der Waals surface area contributed by atoms with Crippen LogP contribution < -0.4 is 9.47 Å². The second-order valence-corrected chi connectivity index (χ2v) is 3.14. The fourth-order valence-electron chi connectivity index (χ4n) is 1.35. The summed E-state index contributed by atoms with van der Waals surface area (Å²) in [6.07, 6.45) is 0. The zero-order chi connectivity index (χ0) is 12.1. The van der Waals surface area contributed by atoms with Gasteiger partial charge in [-0.2, -0.15) is 0 Å². The molecule has 0 aromatic heterocycles. The molecule has 0 amide bonds. The molecule has 0 bridgehead atoms. The van der Waals surface area contributed by atoms with Gasteiger partial charge in [-0.15, -0.1) is 0 Å². The summed E-state index contributed by atoms with van der Waals surface area (Å²) in [4.78, 5) is 10.4. The van der Waals surface area contributed by atoms with Gasteiger partial charge in [-0.05, 0) is 12.1 Å². The second kappa shape index (κ2) is 5.47. The van der Waals surface area contributed by atoms with Crippen LogP contribution in [0, 0.1) is 10.1 Å². The van der Waals surface area contributed by atoms with Gasteiger partial charge in [0.2, 0.25) is 16.2 Å². The standard InChI is InChI=1S/C9H10NO5Si/c1-13-7-4-3-6(5-15-16)8(10(11)12)9(7)14-2/h3-4H,5H2,1-2H3. The van der Waals surface area contributed by atoms with E-state index >= 15 is 0 Å². The van der Waals surface area contributed by atoms with E-state index in [1.807, 2.05) is 0 Å². The average Bonchev–Trinajstić information content (AvgIpc) is 2.28. The van der Waals surface area contributed by atoms with Crippen LogP contribution in [0.3, 0.4) is 0 Å². The van der Waals surface area contributed by atoms with Crippen LogP contribution >= 0.6 is 0 Å². The van der Waals surface area contributed by atoms with E-state index < -0.39 is 4.92 Å². The highest BCUT2D eigenvalue weighted by Gasteiger charge is 2.24. The Kier molecular flexibility index (Phi) is 4.26. The molecule has 0 unspecified atom stereocenters. The van der Waals surface area contributed by atoms with Gasteiger partial charge in [0.15, 0.2) is 5.75 Å². The highest BCUT2D eigenvalue weighted by molar-refractivity contribution is 5.97. The SMILES string of the molecule is COc1ccc(CO[Si])c([N+](=O)[O-])c1OC. The smallest absolute Gasteiger partial charge is 0.320 e. The minimum Gasteiger partial charge on any atom is -0.493 e. The van der Waals surface area contributed by atoms with Gasteiger partial charge in [0.25, 0.3) is 0 Å².